The van der Waals surface area contributed by atoms with Gasteiger partial charge in [0.05, 0.1) is 6.61 Å². The number of carbonyl (C=O) groups excluding carboxylic acids is 1. The van der Waals surface area contributed by atoms with Gasteiger partial charge in [-0.15, -0.1) is 0 Å². The lowest BCUT2D eigenvalue weighted by atomic mass is 9.94. The molecule has 114 valence electrons. The number of nitrogens with zero attached hydrogens (tertiary/aromatic N) is 1. The van der Waals surface area contributed by atoms with Crippen LogP contribution in [0.2, 0.25) is 0 Å². The van der Waals surface area contributed by atoms with Crippen LogP contribution in [-0.2, 0) is 9.53 Å². The summed E-state index contributed by atoms with van der Waals surface area (Å²) in [5.74, 6) is 1.22. The van der Waals surface area contributed by atoms with Crippen LogP contribution in [0.3, 0.4) is 0 Å². The van der Waals surface area contributed by atoms with Gasteiger partial charge < -0.3 is 4.74 Å². The van der Waals surface area contributed by atoms with E-state index in [-0.39, 0.29) is 18.1 Å². The normalized spacial score (nSPS) is 27.5. The number of rotatable bonds is 5. The molecule has 0 unspecified atom stereocenters. The molecular formula is C18H25NO2. The highest BCUT2D eigenvalue weighted by Gasteiger charge is 2.48. The molecule has 2 fully saturated rings. The Hall–Kier alpha value is -1.35. The molecule has 3 atom stereocenters. The first-order valence-corrected chi connectivity index (χ1v) is 8.19. The third-order valence-corrected chi connectivity index (χ3v) is 5.02. The average Bonchev–Trinajstić information content (AvgIpc) is 3.26. The van der Waals surface area contributed by atoms with E-state index in [2.05, 4.69) is 36.1 Å². The fourth-order valence-electron chi connectivity index (χ4n) is 3.75. The van der Waals surface area contributed by atoms with Crippen LogP contribution in [0.5, 0.6) is 0 Å². The predicted molar refractivity (Wildman–Crippen MR) is 82.8 cm³/mol. The molecule has 0 bridgehead atoms. The minimum Gasteiger partial charge on any atom is -0.465 e. The van der Waals surface area contributed by atoms with E-state index in [0.29, 0.717) is 12.5 Å². The summed E-state index contributed by atoms with van der Waals surface area (Å²) in [4.78, 5) is 14.8. The van der Waals surface area contributed by atoms with Gasteiger partial charge in [-0.1, -0.05) is 30.3 Å². The standard InChI is InChI=1S/C18H25NO2/c1-3-21-18(20)17-16(15-9-10-15)11-12-19(17)13(2)14-7-5-4-6-8-14/h4-8,13,15-17H,3,9-12H2,1-2H3/t13-,16+,17-/m0/s1. The van der Waals surface area contributed by atoms with Crippen LogP contribution < -0.4 is 0 Å². The molecular weight excluding hydrogens is 262 g/mol. The lowest BCUT2D eigenvalue weighted by molar-refractivity contribution is -0.151. The van der Waals surface area contributed by atoms with E-state index in [4.69, 9.17) is 4.74 Å². The molecule has 1 aliphatic carbocycles. The highest BCUT2D eigenvalue weighted by Crippen LogP contribution is 2.46. The Morgan fingerprint density at radius 1 is 1.29 bits per heavy atom. The number of benzene rings is 1. The maximum absolute atomic E-state index is 12.5. The van der Waals surface area contributed by atoms with Gasteiger partial charge in [-0.05, 0) is 57.1 Å². The fourth-order valence-corrected chi connectivity index (χ4v) is 3.75. The summed E-state index contributed by atoms with van der Waals surface area (Å²) in [7, 11) is 0. The van der Waals surface area contributed by atoms with Crippen LogP contribution in [0.4, 0.5) is 0 Å². The van der Waals surface area contributed by atoms with Gasteiger partial charge in [-0.3, -0.25) is 9.69 Å². The zero-order chi connectivity index (χ0) is 14.8. The van der Waals surface area contributed by atoms with Gasteiger partial charge in [0.2, 0.25) is 0 Å². The van der Waals surface area contributed by atoms with Gasteiger partial charge in [0.15, 0.2) is 0 Å². The fraction of sp³-hybridized carbons (Fsp3) is 0.611. The Bertz CT molecular complexity index is 483. The average molecular weight is 287 g/mol. The minimum atomic E-state index is -0.0485. The van der Waals surface area contributed by atoms with Crippen molar-refractivity contribution in [3.63, 3.8) is 0 Å². The molecule has 0 amide bonds. The van der Waals surface area contributed by atoms with Crippen molar-refractivity contribution in [2.75, 3.05) is 13.2 Å². The maximum atomic E-state index is 12.5. The number of hydrogen-bond acceptors (Lipinski definition) is 3. The molecule has 21 heavy (non-hydrogen) atoms. The Balaban J connectivity index is 1.80. The monoisotopic (exact) mass is 287 g/mol. The Morgan fingerprint density at radius 2 is 2.00 bits per heavy atom. The molecule has 3 heteroatoms. The zero-order valence-electron chi connectivity index (χ0n) is 13.0. The van der Waals surface area contributed by atoms with Crippen molar-refractivity contribution in [1.82, 2.24) is 4.90 Å². The van der Waals surface area contributed by atoms with E-state index >= 15 is 0 Å². The third-order valence-electron chi connectivity index (χ3n) is 5.02. The number of carbonyl (C=O) groups is 1. The molecule has 2 aliphatic rings. The van der Waals surface area contributed by atoms with Gasteiger partial charge in [0.1, 0.15) is 6.04 Å². The molecule has 1 aromatic carbocycles. The van der Waals surface area contributed by atoms with Gasteiger partial charge in [-0.2, -0.15) is 0 Å². The first-order valence-electron chi connectivity index (χ1n) is 8.19. The zero-order valence-corrected chi connectivity index (χ0v) is 13.0. The van der Waals surface area contributed by atoms with Crippen LogP contribution in [0, 0.1) is 11.8 Å². The first-order chi connectivity index (χ1) is 10.2. The lowest BCUT2D eigenvalue weighted by Gasteiger charge is -2.31. The van der Waals surface area contributed by atoms with Gasteiger partial charge in [0, 0.05) is 6.04 Å². The van der Waals surface area contributed by atoms with E-state index in [0.717, 1.165) is 18.9 Å². The van der Waals surface area contributed by atoms with E-state index in [1.165, 1.54) is 18.4 Å². The van der Waals surface area contributed by atoms with Crippen molar-refractivity contribution in [1.29, 1.82) is 0 Å². The van der Waals surface area contributed by atoms with E-state index in [9.17, 15) is 4.79 Å². The smallest absolute Gasteiger partial charge is 0.323 e. The molecule has 3 rings (SSSR count). The van der Waals surface area contributed by atoms with Crippen molar-refractivity contribution in [3.8, 4) is 0 Å². The van der Waals surface area contributed by atoms with E-state index in [1.54, 1.807) is 0 Å². The SMILES string of the molecule is CCOC(=O)[C@@H]1[C@@H](C2CC2)CCN1[C@@H](C)c1ccccc1. The number of hydrogen-bond donors (Lipinski definition) is 0. The summed E-state index contributed by atoms with van der Waals surface area (Å²) >= 11 is 0. The number of esters is 1. The first kappa shape index (κ1) is 14.6. The lowest BCUT2D eigenvalue weighted by Crippen LogP contribution is -2.42. The van der Waals surface area contributed by atoms with Gasteiger partial charge in [0.25, 0.3) is 0 Å². The van der Waals surface area contributed by atoms with Crippen LogP contribution in [0.15, 0.2) is 30.3 Å². The van der Waals surface area contributed by atoms with Crippen molar-refractivity contribution in [2.24, 2.45) is 11.8 Å². The number of likely N-dealkylation sites (tertiary alicyclic amines) is 1. The van der Waals surface area contributed by atoms with Crippen molar-refractivity contribution in [2.45, 2.75) is 45.2 Å². The molecule has 0 spiro atoms. The molecule has 0 aromatic heterocycles. The third kappa shape index (κ3) is 2.98. The highest BCUT2D eigenvalue weighted by molar-refractivity contribution is 5.77. The molecule has 0 radical (unpaired) electrons. The van der Waals surface area contributed by atoms with Crippen molar-refractivity contribution >= 4 is 5.97 Å². The minimum absolute atomic E-state index is 0.0188. The van der Waals surface area contributed by atoms with Crippen molar-refractivity contribution < 1.29 is 9.53 Å². The van der Waals surface area contributed by atoms with Crippen LogP contribution in [0.25, 0.3) is 0 Å². The molecule has 1 saturated heterocycles. The second kappa shape index (κ2) is 6.18. The Morgan fingerprint density at radius 3 is 2.62 bits per heavy atom. The second-order valence-corrected chi connectivity index (χ2v) is 6.31. The quantitative estimate of drug-likeness (QED) is 0.777. The molecule has 0 N–H and O–H groups in total. The largest absolute Gasteiger partial charge is 0.465 e. The van der Waals surface area contributed by atoms with Crippen LogP contribution in [0.1, 0.15) is 44.7 Å². The molecule has 1 aromatic rings. The Kier molecular flexibility index (Phi) is 4.29. The van der Waals surface area contributed by atoms with Gasteiger partial charge in [-0.25, -0.2) is 0 Å². The molecule has 3 nitrogen and oxygen atoms in total. The van der Waals surface area contributed by atoms with E-state index < -0.39 is 0 Å². The summed E-state index contributed by atoms with van der Waals surface area (Å²) in [5.41, 5.74) is 1.28. The van der Waals surface area contributed by atoms with Crippen LogP contribution >= 0.6 is 0 Å². The van der Waals surface area contributed by atoms with Crippen LogP contribution in [-0.4, -0.2) is 30.1 Å². The molecule has 1 saturated carbocycles. The van der Waals surface area contributed by atoms with Gasteiger partial charge >= 0.3 is 5.97 Å². The summed E-state index contributed by atoms with van der Waals surface area (Å²) in [6, 6.07) is 10.7. The Labute approximate surface area is 127 Å². The predicted octanol–water partition coefficient (Wildman–Crippen LogP) is 3.41. The summed E-state index contributed by atoms with van der Waals surface area (Å²) in [6.45, 7) is 5.57. The molecule has 1 aliphatic heterocycles. The topological polar surface area (TPSA) is 29.5 Å². The summed E-state index contributed by atoms with van der Waals surface area (Å²) in [6.07, 6.45) is 3.70. The maximum Gasteiger partial charge on any atom is 0.323 e. The van der Waals surface area contributed by atoms with E-state index in [1.807, 2.05) is 13.0 Å². The number of ether oxygens (including phenoxy) is 1. The second-order valence-electron chi connectivity index (χ2n) is 6.31. The highest BCUT2D eigenvalue weighted by atomic mass is 16.5. The molecule has 1 heterocycles. The van der Waals surface area contributed by atoms with Crippen molar-refractivity contribution in [3.05, 3.63) is 35.9 Å². The summed E-state index contributed by atoms with van der Waals surface area (Å²) in [5, 5.41) is 0. The summed E-state index contributed by atoms with van der Waals surface area (Å²) < 4.78 is 5.37.